The predicted molar refractivity (Wildman–Crippen MR) is 78.2 cm³/mol. The second-order valence-electron chi connectivity index (χ2n) is 4.99. The van der Waals surface area contributed by atoms with Crippen molar-refractivity contribution in [2.24, 2.45) is 0 Å². The van der Waals surface area contributed by atoms with E-state index < -0.39 is 0 Å². The summed E-state index contributed by atoms with van der Waals surface area (Å²) in [5, 5.41) is 15.0. The third kappa shape index (κ3) is 2.30. The normalized spacial score (nSPS) is 15.6. The predicted octanol–water partition coefficient (Wildman–Crippen LogP) is 1.86. The van der Waals surface area contributed by atoms with Crippen LogP contribution in [-0.4, -0.2) is 36.1 Å². The number of hydrogen-bond donors (Lipinski definition) is 1. The molecule has 0 aliphatic carbocycles. The number of piperazine rings is 1. The van der Waals surface area contributed by atoms with Gasteiger partial charge in [-0.1, -0.05) is 0 Å². The van der Waals surface area contributed by atoms with Crippen LogP contribution in [0.5, 0.6) is 0 Å². The van der Waals surface area contributed by atoms with Gasteiger partial charge in [0.2, 0.25) is 0 Å². The van der Waals surface area contributed by atoms with Crippen LogP contribution in [-0.2, 0) is 0 Å². The van der Waals surface area contributed by atoms with Crippen molar-refractivity contribution in [2.45, 2.75) is 6.92 Å². The molecule has 0 radical (unpaired) electrons. The van der Waals surface area contributed by atoms with E-state index in [2.05, 4.69) is 15.2 Å². The minimum atomic E-state index is -0.372. The van der Waals surface area contributed by atoms with E-state index in [-0.39, 0.29) is 10.6 Å². The van der Waals surface area contributed by atoms with Crippen molar-refractivity contribution in [1.29, 1.82) is 0 Å². The van der Waals surface area contributed by atoms with Gasteiger partial charge in [-0.05, 0) is 24.6 Å². The molecule has 2 aromatic rings. The molecule has 2 heterocycles. The molecule has 1 aromatic heterocycles. The van der Waals surface area contributed by atoms with Gasteiger partial charge in [0.25, 0.3) is 5.69 Å². The Bertz CT molecular complexity index is 666. The number of anilines is 1. The maximum Gasteiger partial charge on any atom is 0.270 e. The van der Waals surface area contributed by atoms with Gasteiger partial charge in [0.15, 0.2) is 0 Å². The molecule has 1 aromatic carbocycles. The van der Waals surface area contributed by atoms with Gasteiger partial charge in [-0.3, -0.25) is 10.1 Å². The molecular weight excluding hydrogens is 256 g/mol. The topological polar surface area (TPSA) is 71.3 Å². The van der Waals surface area contributed by atoms with Crippen LogP contribution in [0.15, 0.2) is 24.3 Å². The van der Waals surface area contributed by atoms with Gasteiger partial charge in [0.1, 0.15) is 5.82 Å². The van der Waals surface area contributed by atoms with Gasteiger partial charge in [0, 0.05) is 43.7 Å². The number of hydrogen-bond acceptors (Lipinski definition) is 5. The summed E-state index contributed by atoms with van der Waals surface area (Å²) in [4.78, 5) is 17.3. The Labute approximate surface area is 116 Å². The quantitative estimate of drug-likeness (QED) is 0.667. The zero-order chi connectivity index (χ0) is 14.1. The molecule has 1 N–H and O–H groups in total. The van der Waals surface area contributed by atoms with Crippen molar-refractivity contribution in [3.63, 3.8) is 0 Å². The fraction of sp³-hybridized carbons (Fsp3) is 0.357. The van der Waals surface area contributed by atoms with E-state index >= 15 is 0 Å². The van der Waals surface area contributed by atoms with E-state index in [1.165, 1.54) is 6.07 Å². The minimum Gasteiger partial charge on any atom is -0.354 e. The number of fused-ring (bicyclic) bond motifs is 1. The van der Waals surface area contributed by atoms with Crippen LogP contribution in [0.1, 0.15) is 5.56 Å². The van der Waals surface area contributed by atoms with Crippen molar-refractivity contribution in [1.82, 2.24) is 10.3 Å². The summed E-state index contributed by atoms with van der Waals surface area (Å²) in [6, 6.07) is 6.85. The maximum atomic E-state index is 10.8. The van der Waals surface area contributed by atoms with Crippen LogP contribution in [0.2, 0.25) is 0 Å². The molecule has 0 atom stereocenters. The third-order valence-corrected chi connectivity index (χ3v) is 3.64. The molecule has 6 nitrogen and oxygen atoms in total. The highest BCUT2D eigenvalue weighted by molar-refractivity contribution is 5.86. The average Bonchev–Trinajstić information content (AvgIpc) is 2.47. The van der Waals surface area contributed by atoms with E-state index in [0.717, 1.165) is 48.5 Å². The molecular formula is C14H16N4O2. The van der Waals surface area contributed by atoms with Crippen LogP contribution in [0.25, 0.3) is 10.9 Å². The van der Waals surface area contributed by atoms with Gasteiger partial charge >= 0.3 is 0 Å². The zero-order valence-electron chi connectivity index (χ0n) is 11.3. The molecule has 20 heavy (non-hydrogen) atoms. The molecule has 1 aliphatic heterocycles. The Balaban J connectivity index is 2.05. The van der Waals surface area contributed by atoms with Crippen LogP contribution < -0.4 is 10.2 Å². The van der Waals surface area contributed by atoms with Gasteiger partial charge in [-0.2, -0.15) is 0 Å². The second kappa shape index (κ2) is 5.05. The fourth-order valence-electron chi connectivity index (χ4n) is 2.53. The zero-order valence-corrected chi connectivity index (χ0v) is 11.3. The number of nitrogens with one attached hydrogen (secondary N) is 1. The van der Waals surface area contributed by atoms with E-state index in [0.29, 0.717) is 0 Å². The second-order valence-corrected chi connectivity index (χ2v) is 4.99. The first-order valence-corrected chi connectivity index (χ1v) is 6.66. The molecule has 104 valence electrons. The monoisotopic (exact) mass is 272 g/mol. The van der Waals surface area contributed by atoms with Crippen molar-refractivity contribution in [3.8, 4) is 0 Å². The van der Waals surface area contributed by atoms with Gasteiger partial charge < -0.3 is 10.2 Å². The van der Waals surface area contributed by atoms with Crippen LogP contribution in [0, 0.1) is 17.0 Å². The van der Waals surface area contributed by atoms with E-state index in [1.54, 1.807) is 12.1 Å². The highest BCUT2D eigenvalue weighted by Crippen LogP contribution is 2.26. The summed E-state index contributed by atoms with van der Waals surface area (Å²) >= 11 is 0. The first-order valence-electron chi connectivity index (χ1n) is 6.66. The Morgan fingerprint density at radius 1 is 1.30 bits per heavy atom. The first-order chi connectivity index (χ1) is 9.65. The number of nitrogens with zero attached hydrogens (tertiary/aromatic N) is 3. The lowest BCUT2D eigenvalue weighted by atomic mass is 10.1. The lowest BCUT2D eigenvalue weighted by molar-refractivity contribution is -0.384. The molecule has 6 heteroatoms. The van der Waals surface area contributed by atoms with Crippen molar-refractivity contribution >= 4 is 22.4 Å². The smallest absolute Gasteiger partial charge is 0.270 e. The average molecular weight is 272 g/mol. The van der Waals surface area contributed by atoms with Crippen molar-refractivity contribution in [3.05, 3.63) is 39.9 Å². The SMILES string of the molecule is Cc1cc(N2CCNCC2)nc2ccc([N+](=O)[O-])cc12. The highest BCUT2D eigenvalue weighted by atomic mass is 16.6. The highest BCUT2D eigenvalue weighted by Gasteiger charge is 2.14. The fourth-order valence-corrected chi connectivity index (χ4v) is 2.53. The molecule has 0 spiro atoms. The number of pyridine rings is 1. The van der Waals surface area contributed by atoms with Crippen LogP contribution >= 0.6 is 0 Å². The number of aromatic nitrogens is 1. The summed E-state index contributed by atoms with van der Waals surface area (Å²) in [5.41, 5.74) is 1.94. The lowest BCUT2D eigenvalue weighted by Gasteiger charge is -2.28. The number of nitro benzene ring substituents is 1. The first kappa shape index (κ1) is 12.8. The maximum absolute atomic E-state index is 10.8. The van der Waals surface area contributed by atoms with Crippen molar-refractivity contribution in [2.75, 3.05) is 31.1 Å². The summed E-state index contributed by atoms with van der Waals surface area (Å²) < 4.78 is 0. The Morgan fingerprint density at radius 3 is 2.75 bits per heavy atom. The summed E-state index contributed by atoms with van der Waals surface area (Å²) in [5.74, 6) is 0.949. The van der Waals surface area contributed by atoms with Gasteiger partial charge in [-0.25, -0.2) is 4.98 Å². The lowest BCUT2D eigenvalue weighted by Crippen LogP contribution is -2.43. The van der Waals surface area contributed by atoms with E-state index in [9.17, 15) is 10.1 Å². The van der Waals surface area contributed by atoms with Gasteiger partial charge in [-0.15, -0.1) is 0 Å². The molecule has 0 amide bonds. The Kier molecular flexibility index (Phi) is 3.23. The largest absolute Gasteiger partial charge is 0.354 e. The summed E-state index contributed by atoms with van der Waals surface area (Å²) in [6.07, 6.45) is 0. The molecule has 1 fully saturated rings. The molecule has 1 aliphatic rings. The molecule has 0 unspecified atom stereocenters. The van der Waals surface area contributed by atoms with Gasteiger partial charge in [0.05, 0.1) is 10.4 Å². The van der Waals surface area contributed by atoms with E-state index in [4.69, 9.17) is 0 Å². The molecule has 0 saturated carbocycles. The van der Waals surface area contributed by atoms with E-state index in [1.807, 2.05) is 13.0 Å². The summed E-state index contributed by atoms with van der Waals surface area (Å²) in [7, 11) is 0. The number of non-ortho nitro benzene ring substituents is 1. The number of rotatable bonds is 2. The third-order valence-electron chi connectivity index (χ3n) is 3.64. The molecule has 1 saturated heterocycles. The van der Waals surface area contributed by atoms with Crippen LogP contribution in [0.3, 0.4) is 0 Å². The van der Waals surface area contributed by atoms with Crippen molar-refractivity contribution < 1.29 is 4.92 Å². The minimum absolute atomic E-state index is 0.109. The Morgan fingerprint density at radius 2 is 2.05 bits per heavy atom. The molecule has 0 bridgehead atoms. The summed E-state index contributed by atoms with van der Waals surface area (Å²) in [6.45, 7) is 5.76. The molecule has 3 rings (SSSR count). The standard InChI is InChI=1S/C14H16N4O2/c1-10-8-14(17-6-4-15-5-7-17)16-13-3-2-11(18(19)20)9-12(10)13/h2-3,8-9,15H,4-7H2,1H3. The number of benzene rings is 1. The number of nitro groups is 1. The van der Waals surface area contributed by atoms with Crippen LogP contribution in [0.4, 0.5) is 11.5 Å². The number of aryl methyl sites for hydroxylation is 1. The Hall–Kier alpha value is -2.21.